The summed E-state index contributed by atoms with van der Waals surface area (Å²) < 4.78 is 0. The molecule has 7 rings (SSSR count). The Hall–Kier alpha value is -2.66. The fraction of sp³-hybridized carbons (Fsp3) is 0.320. The van der Waals surface area contributed by atoms with Crippen LogP contribution in [0.15, 0.2) is 52.3 Å². The lowest BCUT2D eigenvalue weighted by Crippen LogP contribution is -2.42. The van der Waals surface area contributed by atoms with Crippen molar-refractivity contribution in [1.82, 2.24) is 4.98 Å². The van der Waals surface area contributed by atoms with Crippen molar-refractivity contribution >= 4 is 69.5 Å². The van der Waals surface area contributed by atoms with Crippen molar-refractivity contribution in [3.8, 4) is 0 Å². The van der Waals surface area contributed by atoms with E-state index in [1.165, 1.54) is 29.2 Å². The van der Waals surface area contributed by atoms with E-state index in [2.05, 4.69) is 4.98 Å². The maximum atomic E-state index is 13.8. The SMILES string of the molecule is O=C1C2C3CC(C2C(=O)N1c1ccc([N+](=O)[O-])cc1)C1C3Sc2[nH]c(=O)sc2[C@@H]1c1cccc(Cl)c1Cl. The maximum Gasteiger partial charge on any atom is 0.305 e. The normalized spacial score (nSPS) is 31.4. The van der Waals surface area contributed by atoms with E-state index in [0.717, 1.165) is 33.2 Å². The zero-order chi connectivity index (χ0) is 25.7. The van der Waals surface area contributed by atoms with Crippen LogP contribution in [0.2, 0.25) is 10.0 Å². The predicted molar refractivity (Wildman–Crippen MR) is 141 cm³/mol. The van der Waals surface area contributed by atoms with Gasteiger partial charge in [-0.25, -0.2) is 0 Å². The van der Waals surface area contributed by atoms with Gasteiger partial charge in [0.05, 0.1) is 37.5 Å². The van der Waals surface area contributed by atoms with Crippen molar-refractivity contribution in [2.24, 2.45) is 29.6 Å². The number of imide groups is 1. The molecule has 4 aliphatic rings. The number of rotatable bonds is 3. The summed E-state index contributed by atoms with van der Waals surface area (Å²) in [6.45, 7) is 0. The molecular weight excluding hydrogens is 557 g/mol. The highest BCUT2D eigenvalue weighted by molar-refractivity contribution is 8.00. The summed E-state index contributed by atoms with van der Waals surface area (Å²) in [7, 11) is 0. The van der Waals surface area contributed by atoms with E-state index < -0.39 is 16.8 Å². The molecule has 37 heavy (non-hydrogen) atoms. The first-order valence-corrected chi connectivity index (χ1v) is 14.2. The third-order valence-electron chi connectivity index (χ3n) is 8.36. The third kappa shape index (κ3) is 3.19. The van der Waals surface area contributed by atoms with Crippen LogP contribution in [0.5, 0.6) is 0 Å². The lowest BCUT2D eigenvalue weighted by atomic mass is 9.68. The number of fused-ring (bicyclic) bond motifs is 9. The Morgan fingerprint density at radius 2 is 1.70 bits per heavy atom. The summed E-state index contributed by atoms with van der Waals surface area (Å²) in [5.41, 5.74) is 1.07. The largest absolute Gasteiger partial charge is 0.307 e. The molecule has 0 spiro atoms. The van der Waals surface area contributed by atoms with E-state index in [0.29, 0.717) is 15.7 Å². The predicted octanol–water partition coefficient (Wildman–Crippen LogP) is 5.33. The first-order valence-electron chi connectivity index (χ1n) is 11.7. The molecule has 2 saturated carbocycles. The number of anilines is 1. The molecule has 8 nitrogen and oxygen atoms in total. The molecule has 1 aromatic heterocycles. The van der Waals surface area contributed by atoms with Crippen molar-refractivity contribution < 1.29 is 14.5 Å². The minimum atomic E-state index is -0.515. The van der Waals surface area contributed by atoms with E-state index in [1.54, 1.807) is 17.8 Å². The van der Waals surface area contributed by atoms with Gasteiger partial charge in [-0.1, -0.05) is 46.7 Å². The lowest BCUT2D eigenvalue weighted by Gasteiger charge is -2.43. The van der Waals surface area contributed by atoms with Crippen molar-refractivity contribution in [3.63, 3.8) is 0 Å². The smallest absolute Gasteiger partial charge is 0.305 e. The van der Waals surface area contributed by atoms with Gasteiger partial charge in [-0.15, -0.1) is 11.8 Å². The van der Waals surface area contributed by atoms with Crippen LogP contribution < -0.4 is 9.77 Å². The topological polar surface area (TPSA) is 113 Å². The number of thiazole rings is 1. The number of thioether (sulfide) groups is 1. The Morgan fingerprint density at radius 1 is 1.00 bits per heavy atom. The monoisotopic (exact) mass is 573 g/mol. The Kier molecular flexibility index (Phi) is 5.18. The molecule has 2 aliphatic heterocycles. The van der Waals surface area contributed by atoms with Gasteiger partial charge < -0.3 is 4.98 Å². The number of non-ortho nitro benzene ring substituents is 1. The summed E-state index contributed by atoms with van der Waals surface area (Å²) >= 11 is 15.8. The van der Waals surface area contributed by atoms with Gasteiger partial charge in [0, 0.05) is 28.2 Å². The van der Waals surface area contributed by atoms with E-state index in [1.807, 2.05) is 12.1 Å². The minimum absolute atomic E-state index is 0.000252. The molecule has 2 aliphatic carbocycles. The number of H-pyrrole nitrogens is 1. The Bertz CT molecular complexity index is 1570. The summed E-state index contributed by atoms with van der Waals surface area (Å²) in [5.74, 6) is -1.78. The van der Waals surface area contributed by atoms with Crippen LogP contribution in [0.25, 0.3) is 0 Å². The van der Waals surface area contributed by atoms with Gasteiger partial charge >= 0.3 is 4.87 Å². The molecule has 1 N–H and O–H groups in total. The van der Waals surface area contributed by atoms with Crippen LogP contribution in [0.3, 0.4) is 0 Å². The van der Waals surface area contributed by atoms with E-state index in [4.69, 9.17) is 23.2 Å². The number of halogens is 2. The number of aromatic amines is 1. The Labute approximate surface area is 228 Å². The maximum absolute atomic E-state index is 13.8. The molecule has 3 fully saturated rings. The van der Waals surface area contributed by atoms with E-state index in [9.17, 15) is 24.5 Å². The summed E-state index contributed by atoms with van der Waals surface area (Å²) in [5, 5.41) is 12.7. The van der Waals surface area contributed by atoms with Crippen LogP contribution in [-0.4, -0.2) is 27.0 Å². The lowest BCUT2D eigenvalue weighted by molar-refractivity contribution is -0.384. The molecule has 188 valence electrons. The number of carbonyl (C=O) groups is 2. The van der Waals surface area contributed by atoms with Crippen LogP contribution in [0.1, 0.15) is 22.8 Å². The zero-order valence-corrected chi connectivity index (χ0v) is 21.9. The molecular formula is C25H17Cl2N3O5S2. The number of nitrogens with zero attached hydrogens (tertiary/aromatic N) is 2. The number of aromatic nitrogens is 1. The third-order valence-corrected chi connectivity index (χ3v) is 11.8. The van der Waals surface area contributed by atoms with Crippen molar-refractivity contribution in [2.75, 3.05) is 4.90 Å². The van der Waals surface area contributed by atoms with Crippen LogP contribution >= 0.6 is 46.3 Å². The van der Waals surface area contributed by atoms with Crippen molar-refractivity contribution in [2.45, 2.75) is 22.6 Å². The molecule has 3 heterocycles. The zero-order valence-electron chi connectivity index (χ0n) is 18.8. The van der Waals surface area contributed by atoms with Crippen LogP contribution in [0.4, 0.5) is 11.4 Å². The van der Waals surface area contributed by atoms with Gasteiger partial charge in [0.15, 0.2) is 0 Å². The van der Waals surface area contributed by atoms with Gasteiger partial charge in [0.1, 0.15) is 0 Å². The quantitative estimate of drug-likeness (QED) is 0.257. The van der Waals surface area contributed by atoms with Crippen molar-refractivity contribution in [1.29, 1.82) is 0 Å². The highest BCUT2D eigenvalue weighted by Crippen LogP contribution is 2.69. The second-order valence-corrected chi connectivity index (χ2v) is 12.9. The van der Waals surface area contributed by atoms with Crippen LogP contribution in [-0.2, 0) is 9.59 Å². The van der Waals surface area contributed by atoms with Gasteiger partial charge in [0.25, 0.3) is 5.69 Å². The van der Waals surface area contributed by atoms with Gasteiger partial charge in [-0.05, 0) is 47.9 Å². The second-order valence-electron chi connectivity index (χ2n) is 9.89. The number of hydrogen-bond donors (Lipinski definition) is 1. The Balaban J connectivity index is 1.31. The number of nitro groups is 1. The first-order chi connectivity index (χ1) is 17.8. The molecule has 7 atom stereocenters. The minimum Gasteiger partial charge on any atom is -0.307 e. The molecule has 2 bridgehead atoms. The molecule has 1 saturated heterocycles. The van der Waals surface area contributed by atoms with Gasteiger partial charge in [0.2, 0.25) is 11.8 Å². The van der Waals surface area contributed by atoms with Crippen LogP contribution in [0, 0.1) is 39.7 Å². The average Bonchev–Trinajstić information content (AvgIpc) is 3.60. The summed E-state index contributed by atoms with van der Waals surface area (Å²) in [4.78, 5) is 55.3. The number of nitrogens with one attached hydrogen (secondary N) is 1. The fourth-order valence-corrected chi connectivity index (χ4v) is 10.4. The second kappa shape index (κ2) is 8.17. The molecule has 2 aromatic carbocycles. The standard InChI is InChI=1S/C25H17Cl2N3O5S2/c26-14-3-1-2-11(19(14)27)15-16-12-8-13(20(16)36-22-21(15)37-25(33)28-22)18-17(12)23(31)29(24(18)32)9-4-6-10(7-5-9)30(34)35/h1-7,12-13,15-18,20H,8H2,(H,28,33)/t12?,13?,15-,16?,17?,18?,20?/m1/s1. The summed E-state index contributed by atoms with van der Waals surface area (Å²) in [6.07, 6.45) is 0.747. The fourth-order valence-electron chi connectivity index (χ4n) is 7.10. The first kappa shape index (κ1) is 23.5. The highest BCUT2D eigenvalue weighted by atomic mass is 35.5. The number of hydrogen-bond acceptors (Lipinski definition) is 7. The number of nitro benzene ring substituents is 1. The summed E-state index contributed by atoms with van der Waals surface area (Å²) in [6, 6.07) is 11.0. The molecule has 2 amide bonds. The molecule has 0 radical (unpaired) electrons. The average molecular weight is 574 g/mol. The molecule has 12 heteroatoms. The Morgan fingerprint density at radius 3 is 2.41 bits per heavy atom. The number of amides is 2. The number of carbonyl (C=O) groups excluding carboxylic acids is 2. The van der Waals surface area contributed by atoms with E-state index in [-0.39, 0.29) is 51.3 Å². The van der Waals surface area contributed by atoms with Gasteiger partial charge in [-0.2, -0.15) is 0 Å². The number of benzene rings is 2. The molecule has 3 aromatic rings. The van der Waals surface area contributed by atoms with Crippen molar-refractivity contribution in [3.05, 3.63) is 82.7 Å². The van der Waals surface area contributed by atoms with E-state index >= 15 is 0 Å². The molecule has 6 unspecified atom stereocenters. The highest BCUT2D eigenvalue weighted by Gasteiger charge is 2.69. The van der Waals surface area contributed by atoms with Gasteiger partial charge in [-0.3, -0.25) is 29.4 Å².